The Hall–Kier alpha value is -1.91. The van der Waals surface area contributed by atoms with Gasteiger partial charge in [-0.15, -0.1) is 0 Å². The fraction of sp³-hybridized carbons (Fsp3) is 0.385. The van der Waals surface area contributed by atoms with Crippen LogP contribution in [0.1, 0.15) is 26.2 Å². The smallest absolute Gasteiger partial charge is 0.240 e. The summed E-state index contributed by atoms with van der Waals surface area (Å²) >= 11 is 0. The maximum atomic E-state index is 11.9. The number of nitrogens with one attached hydrogen (secondary N) is 2. The van der Waals surface area contributed by atoms with E-state index in [0.717, 1.165) is 0 Å². The average Bonchev–Trinajstić information content (AvgIpc) is 2.38. The van der Waals surface area contributed by atoms with Crippen LogP contribution in [0.4, 0.5) is 5.69 Å². The molecular weight excluding hydrogens is 278 g/mol. The number of hydrogen-bond donors (Lipinski definition) is 2. The molecule has 0 atom stereocenters. The standard InChI is InChI=1S/C13H17N3O3S/c1-11(17)16-12-5-7-13(8-6-12)20(18,19)15-10-4-2-3-9-14/h5-8,15H,2-4,10H2,1H3,(H,16,17). The molecule has 0 fully saturated rings. The van der Waals surface area contributed by atoms with Crippen molar-refractivity contribution in [2.75, 3.05) is 11.9 Å². The topological polar surface area (TPSA) is 99.1 Å². The van der Waals surface area contributed by atoms with E-state index in [1.165, 1.54) is 31.2 Å². The maximum absolute atomic E-state index is 11.9. The van der Waals surface area contributed by atoms with Crippen molar-refractivity contribution in [1.82, 2.24) is 4.72 Å². The predicted octanol–water partition coefficient (Wildman–Crippen LogP) is 1.62. The van der Waals surface area contributed by atoms with E-state index in [4.69, 9.17) is 5.26 Å². The number of hydrogen-bond acceptors (Lipinski definition) is 4. The van der Waals surface area contributed by atoms with E-state index in [1.54, 1.807) is 0 Å². The summed E-state index contributed by atoms with van der Waals surface area (Å²) in [6.07, 6.45) is 1.71. The van der Waals surface area contributed by atoms with Crippen molar-refractivity contribution in [2.45, 2.75) is 31.1 Å². The Labute approximate surface area is 118 Å². The van der Waals surface area contributed by atoms with E-state index in [9.17, 15) is 13.2 Å². The van der Waals surface area contributed by atoms with Gasteiger partial charge in [-0.05, 0) is 37.1 Å². The zero-order chi connectivity index (χ0) is 15.0. The Morgan fingerprint density at radius 2 is 1.90 bits per heavy atom. The Morgan fingerprint density at radius 1 is 1.25 bits per heavy atom. The zero-order valence-electron chi connectivity index (χ0n) is 11.2. The van der Waals surface area contributed by atoms with E-state index in [2.05, 4.69) is 10.0 Å². The number of unbranched alkanes of at least 4 members (excludes halogenated alkanes) is 2. The molecule has 1 amide bonds. The maximum Gasteiger partial charge on any atom is 0.240 e. The van der Waals surface area contributed by atoms with Gasteiger partial charge in [0.05, 0.1) is 11.0 Å². The van der Waals surface area contributed by atoms with Gasteiger partial charge in [0.15, 0.2) is 0 Å². The first-order valence-electron chi connectivity index (χ1n) is 6.20. The third kappa shape index (κ3) is 5.38. The minimum atomic E-state index is -3.54. The minimum Gasteiger partial charge on any atom is -0.326 e. The molecule has 1 rings (SSSR count). The highest BCUT2D eigenvalue weighted by Gasteiger charge is 2.12. The van der Waals surface area contributed by atoms with Crippen LogP contribution >= 0.6 is 0 Å². The molecule has 20 heavy (non-hydrogen) atoms. The molecule has 0 saturated heterocycles. The number of amides is 1. The Balaban J connectivity index is 2.59. The lowest BCUT2D eigenvalue weighted by atomic mass is 10.2. The van der Waals surface area contributed by atoms with Crippen LogP contribution in [0.2, 0.25) is 0 Å². The van der Waals surface area contributed by atoms with Crippen LogP contribution in [0.25, 0.3) is 0 Å². The quantitative estimate of drug-likeness (QED) is 0.746. The lowest BCUT2D eigenvalue weighted by Gasteiger charge is -2.07. The molecule has 6 nitrogen and oxygen atoms in total. The number of carbonyl (C=O) groups excluding carboxylic acids is 1. The monoisotopic (exact) mass is 295 g/mol. The first-order chi connectivity index (χ1) is 9.45. The van der Waals surface area contributed by atoms with Gasteiger partial charge in [-0.25, -0.2) is 13.1 Å². The van der Waals surface area contributed by atoms with Gasteiger partial charge >= 0.3 is 0 Å². The molecule has 0 radical (unpaired) electrons. The number of rotatable bonds is 7. The van der Waals surface area contributed by atoms with E-state index in [-0.39, 0.29) is 10.8 Å². The summed E-state index contributed by atoms with van der Waals surface area (Å²) in [4.78, 5) is 11.0. The van der Waals surface area contributed by atoms with E-state index >= 15 is 0 Å². The number of anilines is 1. The van der Waals surface area contributed by atoms with Crippen molar-refractivity contribution in [3.05, 3.63) is 24.3 Å². The Morgan fingerprint density at radius 3 is 2.45 bits per heavy atom. The second kappa shape index (κ2) is 7.62. The van der Waals surface area contributed by atoms with Crippen molar-refractivity contribution in [3.63, 3.8) is 0 Å². The van der Waals surface area contributed by atoms with E-state index in [1.807, 2.05) is 6.07 Å². The van der Waals surface area contributed by atoms with Crippen LogP contribution in [-0.2, 0) is 14.8 Å². The Kier molecular flexibility index (Phi) is 6.15. The summed E-state index contributed by atoms with van der Waals surface area (Å²) in [5.74, 6) is -0.212. The number of sulfonamides is 1. The van der Waals surface area contributed by atoms with Gasteiger partial charge in [0, 0.05) is 25.6 Å². The van der Waals surface area contributed by atoms with Gasteiger partial charge < -0.3 is 5.32 Å². The second-order valence-corrected chi connectivity index (χ2v) is 5.99. The normalized spacial score (nSPS) is 10.8. The van der Waals surface area contributed by atoms with Gasteiger partial charge in [0.2, 0.25) is 15.9 Å². The fourth-order valence-electron chi connectivity index (χ4n) is 1.54. The Bertz CT molecular complexity index is 588. The number of benzene rings is 1. The molecule has 0 aliphatic rings. The molecule has 0 aliphatic carbocycles. The van der Waals surface area contributed by atoms with Crippen LogP contribution in [-0.4, -0.2) is 20.9 Å². The van der Waals surface area contributed by atoms with Gasteiger partial charge in [0.25, 0.3) is 0 Å². The first kappa shape index (κ1) is 16.1. The predicted molar refractivity (Wildman–Crippen MR) is 75.4 cm³/mol. The highest BCUT2D eigenvalue weighted by molar-refractivity contribution is 7.89. The van der Waals surface area contributed by atoms with Crippen LogP contribution in [0.3, 0.4) is 0 Å². The van der Waals surface area contributed by atoms with Crippen molar-refractivity contribution in [2.24, 2.45) is 0 Å². The molecule has 0 aliphatic heterocycles. The van der Waals surface area contributed by atoms with Crippen LogP contribution in [0.5, 0.6) is 0 Å². The lowest BCUT2D eigenvalue weighted by Crippen LogP contribution is -2.24. The second-order valence-electron chi connectivity index (χ2n) is 4.22. The molecule has 1 aromatic carbocycles. The molecule has 108 valence electrons. The highest BCUT2D eigenvalue weighted by Crippen LogP contribution is 2.13. The van der Waals surface area contributed by atoms with Crippen molar-refractivity contribution in [3.8, 4) is 6.07 Å². The van der Waals surface area contributed by atoms with Crippen LogP contribution in [0, 0.1) is 11.3 Å². The minimum absolute atomic E-state index is 0.145. The SMILES string of the molecule is CC(=O)Nc1ccc(S(=O)(=O)NCCCCC#N)cc1. The molecule has 2 N–H and O–H groups in total. The van der Waals surface area contributed by atoms with E-state index in [0.29, 0.717) is 31.5 Å². The molecule has 0 bridgehead atoms. The van der Waals surface area contributed by atoms with Crippen molar-refractivity contribution < 1.29 is 13.2 Å². The van der Waals surface area contributed by atoms with Crippen molar-refractivity contribution in [1.29, 1.82) is 5.26 Å². The summed E-state index contributed by atoms with van der Waals surface area (Å²) in [5.41, 5.74) is 0.547. The molecule has 0 spiro atoms. The summed E-state index contributed by atoms with van der Waals surface area (Å²) in [5, 5.41) is 10.9. The summed E-state index contributed by atoms with van der Waals surface area (Å²) in [6.45, 7) is 1.69. The largest absolute Gasteiger partial charge is 0.326 e. The average molecular weight is 295 g/mol. The molecule has 1 aromatic rings. The van der Waals surface area contributed by atoms with Gasteiger partial charge in [-0.1, -0.05) is 0 Å². The molecule has 0 unspecified atom stereocenters. The lowest BCUT2D eigenvalue weighted by molar-refractivity contribution is -0.114. The van der Waals surface area contributed by atoms with Crippen LogP contribution < -0.4 is 10.0 Å². The first-order valence-corrected chi connectivity index (χ1v) is 7.68. The molecule has 7 heteroatoms. The van der Waals surface area contributed by atoms with Gasteiger partial charge in [-0.2, -0.15) is 5.26 Å². The molecule has 0 aromatic heterocycles. The summed E-state index contributed by atoms with van der Waals surface area (Å²) < 4.78 is 26.3. The third-order valence-electron chi connectivity index (χ3n) is 2.49. The van der Waals surface area contributed by atoms with E-state index < -0.39 is 10.0 Å². The highest BCUT2D eigenvalue weighted by atomic mass is 32.2. The molecule has 0 heterocycles. The molecular formula is C13H17N3O3S. The molecule has 0 saturated carbocycles. The fourth-order valence-corrected chi connectivity index (χ4v) is 2.61. The van der Waals surface area contributed by atoms with Gasteiger partial charge in [0.1, 0.15) is 0 Å². The van der Waals surface area contributed by atoms with Crippen LogP contribution in [0.15, 0.2) is 29.2 Å². The third-order valence-corrected chi connectivity index (χ3v) is 3.97. The number of nitrogens with zero attached hydrogens (tertiary/aromatic N) is 1. The number of carbonyl (C=O) groups is 1. The zero-order valence-corrected chi connectivity index (χ0v) is 12.0. The van der Waals surface area contributed by atoms with Gasteiger partial charge in [-0.3, -0.25) is 4.79 Å². The number of nitriles is 1. The summed E-state index contributed by atoms with van der Waals surface area (Å²) in [6, 6.07) is 7.94. The van der Waals surface area contributed by atoms with Crippen molar-refractivity contribution >= 4 is 21.6 Å². The summed E-state index contributed by atoms with van der Waals surface area (Å²) in [7, 11) is -3.54.